The van der Waals surface area contributed by atoms with E-state index in [9.17, 15) is 0 Å². The molecule has 4 nitrogen and oxygen atoms in total. The molecule has 3 rings (SSSR count). The van der Waals surface area contributed by atoms with Crippen molar-refractivity contribution in [3.63, 3.8) is 0 Å². The van der Waals surface area contributed by atoms with Crippen molar-refractivity contribution in [3.8, 4) is 11.6 Å². The molecule has 0 aliphatic rings. The molecule has 3 aromatic rings. The van der Waals surface area contributed by atoms with Gasteiger partial charge in [-0.05, 0) is 19.1 Å². The highest BCUT2D eigenvalue weighted by molar-refractivity contribution is 5.81. The summed E-state index contributed by atoms with van der Waals surface area (Å²) in [5, 5.41) is 10.1. The van der Waals surface area contributed by atoms with Gasteiger partial charge in [0.2, 0.25) is 0 Å². The minimum atomic E-state index is -0.0494. The molecule has 2 heterocycles. The van der Waals surface area contributed by atoms with Gasteiger partial charge in [0, 0.05) is 22.8 Å². The summed E-state index contributed by atoms with van der Waals surface area (Å²) in [7, 11) is 0. The van der Waals surface area contributed by atoms with Crippen molar-refractivity contribution in [2.24, 2.45) is 0 Å². The van der Waals surface area contributed by atoms with E-state index in [0.717, 1.165) is 22.2 Å². The number of furan rings is 1. The highest BCUT2D eigenvalue weighted by Gasteiger charge is 2.10. The standard InChI is InChI=1S/C14H12N2O2/c1-9-11(8-17)7-15-14(16-9)13-6-10-4-2-3-5-12(10)18-13/h2-7,17H,8H2,1H3. The monoisotopic (exact) mass is 240 g/mol. The maximum Gasteiger partial charge on any atom is 0.195 e. The van der Waals surface area contributed by atoms with E-state index in [1.54, 1.807) is 6.20 Å². The summed E-state index contributed by atoms with van der Waals surface area (Å²) in [6.07, 6.45) is 1.63. The quantitative estimate of drug-likeness (QED) is 0.748. The zero-order valence-corrected chi connectivity index (χ0v) is 9.92. The number of aromatic nitrogens is 2. The minimum absolute atomic E-state index is 0.0494. The number of aliphatic hydroxyl groups is 1. The van der Waals surface area contributed by atoms with Gasteiger partial charge < -0.3 is 9.52 Å². The lowest BCUT2D eigenvalue weighted by molar-refractivity contribution is 0.280. The largest absolute Gasteiger partial charge is 0.453 e. The molecule has 0 bridgehead atoms. The SMILES string of the molecule is Cc1nc(-c2cc3ccccc3o2)ncc1CO. The second-order valence-corrected chi connectivity index (χ2v) is 4.11. The van der Waals surface area contributed by atoms with Crippen LogP contribution in [0.4, 0.5) is 0 Å². The van der Waals surface area contributed by atoms with Crippen molar-refractivity contribution in [1.29, 1.82) is 0 Å². The van der Waals surface area contributed by atoms with Crippen molar-refractivity contribution in [2.45, 2.75) is 13.5 Å². The van der Waals surface area contributed by atoms with Gasteiger partial charge in [0.1, 0.15) is 5.58 Å². The first-order valence-electron chi connectivity index (χ1n) is 5.70. The predicted molar refractivity (Wildman–Crippen MR) is 67.9 cm³/mol. The van der Waals surface area contributed by atoms with Crippen LogP contribution >= 0.6 is 0 Å². The maximum atomic E-state index is 9.09. The first-order chi connectivity index (χ1) is 8.78. The van der Waals surface area contributed by atoms with Gasteiger partial charge in [-0.25, -0.2) is 9.97 Å². The summed E-state index contributed by atoms with van der Waals surface area (Å²) in [6, 6.07) is 9.70. The summed E-state index contributed by atoms with van der Waals surface area (Å²) in [6.45, 7) is 1.80. The molecule has 1 N–H and O–H groups in total. The van der Waals surface area contributed by atoms with Crippen molar-refractivity contribution in [2.75, 3.05) is 0 Å². The summed E-state index contributed by atoms with van der Waals surface area (Å²) in [5.74, 6) is 1.18. The van der Waals surface area contributed by atoms with Crippen LogP contribution in [0.25, 0.3) is 22.6 Å². The number of hydrogen-bond donors (Lipinski definition) is 1. The number of rotatable bonds is 2. The summed E-state index contributed by atoms with van der Waals surface area (Å²) >= 11 is 0. The second kappa shape index (κ2) is 4.23. The van der Waals surface area contributed by atoms with Crippen molar-refractivity contribution in [3.05, 3.63) is 47.8 Å². The number of aryl methyl sites for hydroxylation is 1. The Labute approximate surface area is 104 Å². The summed E-state index contributed by atoms with van der Waals surface area (Å²) < 4.78 is 5.70. The Morgan fingerprint density at radius 2 is 2.11 bits per heavy atom. The average molecular weight is 240 g/mol. The topological polar surface area (TPSA) is 59.2 Å². The van der Waals surface area contributed by atoms with Crippen LogP contribution < -0.4 is 0 Å². The fourth-order valence-electron chi connectivity index (χ4n) is 1.86. The Hall–Kier alpha value is -2.20. The van der Waals surface area contributed by atoms with Crippen LogP contribution in [-0.2, 0) is 6.61 Å². The van der Waals surface area contributed by atoms with E-state index in [1.165, 1.54) is 0 Å². The number of para-hydroxylation sites is 1. The molecule has 4 heteroatoms. The van der Waals surface area contributed by atoms with Crippen LogP contribution in [0, 0.1) is 6.92 Å². The van der Waals surface area contributed by atoms with Crippen LogP contribution in [0.1, 0.15) is 11.3 Å². The fraction of sp³-hybridized carbons (Fsp3) is 0.143. The first-order valence-corrected chi connectivity index (χ1v) is 5.70. The second-order valence-electron chi connectivity index (χ2n) is 4.11. The number of nitrogens with zero attached hydrogens (tertiary/aromatic N) is 2. The van der Waals surface area contributed by atoms with Gasteiger partial charge >= 0.3 is 0 Å². The predicted octanol–water partition coefficient (Wildman–Crippen LogP) is 2.69. The summed E-state index contributed by atoms with van der Waals surface area (Å²) in [5.41, 5.74) is 2.32. The van der Waals surface area contributed by atoms with Gasteiger partial charge in [0.05, 0.1) is 6.61 Å². The molecule has 0 fully saturated rings. The number of fused-ring (bicyclic) bond motifs is 1. The molecule has 0 saturated heterocycles. The van der Waals surface area contributed by atoms with Gasteiger partial charge in [-0.3, -0.25) is 0 Å². The van der Waals surface area contributed by atoms with Crippen LogP contribution in [0.5, 0.6) is 0 Å². The van der Waals surface area contributed by atoms with Crippen LogP contribution in [0.2, 0.25) is 0 Å². The molecule has 0 unspecified atom stereocenters. The van der Waals surface area contributed by atoms with E-state index in [1.807, 2.05) is 37.3 Å². The fourth-order valence-corrected chi connectivity index (χ4v) is 1.86. The lowest BCUT2D eigenvalue weighted by atomic mass is 10.2. The zero-order chi connectivity index (χ0) is 12.5. The third-order valence-electron chi connectivity index (χ3n) is 2.90. The normalized spacial score (nSPS) is 11.0. The third kappa shape index (κ3) is 1.76. The smallest absolute Gasteiger partial charge is 0.195 e. The van der Waals surface area contributed by atoms with Gasteiger partial charge in [0.25, 0.3) is 0 Å². The Morgan fingerprint density at radius 1 is 1.28 bits per heavy atom. The zero-order valence-electron chi connectivity index (χ0n) is 9.92. The number of hydrogen-bond acceptors (Lipinski definition) is 4. The minimum Gasteiger partial charge on any atom is -0.453 e. The highest BCUT2D eigenvalue weighted by atomic mass is 16.3. The van der Waals surface area contributed by atoms with E-state index in [-0.39, 0.29) is 6.61 Å². The molecule has 0 saturated carbocycles. The van der Waals surface area contributed by atoms with E-state index < -0.39 is 0 Å². The molecular weight excluding hydrogens is 228 g/mol. The lowest BCUT2D eigenvalue weighted by Gasteiger charge is -2.01. The molecule has 0 aliphatic carbocycles. The van der Waals surface area contributed by atoms with Gasteiger partial charge in [-0.2, -0.15) is 0 Å². The van der Waals surface area contributed by atoms with E-state index in [2.05, 4.69) is 9.97 Å². The molecule has 0 aliphatic heterocycles. The molecule has 90 valence electrons. The van der Waals surface area contributed by atoms with Gasteiger partial charge in [0.15, 0.2) is 11.6 Å². The number of benzene rings is 1. The Bertz CT molecular complexity index is 671. The van der Waals surface area contributed by atoms with Crippen LogP contribution in [-0.4, -0.2) is 15.1 Å². The van der Waals surface area contributed by atoms with E-state index in [0.29, 0.717) is 11.6 Å². The van der Waals surface area contributed by atoms with Crippen molar-refractivity contribution >= 4 is 11.0 Å². The third-order valence-corrected chi connectivity index (χ3v) is 2.90. The first kappa shape index (κ1) is 10.9. The Balaban J connectivity index is 2.11. The highest BCUT2D eigenvalue weighted by Crippen LogP contribution is 2.25. The van der Waals surface area contributed by atoms with E-state index in [4.69, 9.17) is 9.52 Å². The molecule has 0 spiro atoms. The molecule has 2 aromatic heterocycles. The Morgan fingerprint density at radius 3 is 2.83 bits per heavy atom. The Kier molecular flexibility index (Phi) is 2.57. The molecule has 0 amide bonds. The molecule has 0 atom stereocenters. The van der Waals surface area contributed by atoms with Gasteiger partial charge in [-0.1, -0.05) is 18.2 Å². The van der Waals surface area contributed by atoms with Crippen LogP contribution in [0.3, 0.4) is 0 Å². The molecule has 18 heavy (non-hydrogen) atoms. The number of aliphatic hydroxyl groups excluding tert-OH is 1. The van der Waals surface area contributed by atoms with Crippen molar-refractivity contribution in [1.82, 2.24) is 9.97 Å². The molecule has 0 radical (unpaired) electrons. The van der Waals surface area contributed by atoms with Crippen LogP contribution in [0.15, 0.2) is 40.9 Å². The van der Waals surface area contributed by atoms with Gasteiger partial charge in [-0.15, -0.1) is 0 Å². The van der Waals surface area contributed by atoms with Crippen molar-refractivity contribution < 1.29 is 9.52 Å². The average Bonchev–Trinajstić information content (AvgIpc) is 2.82. The summed E-state index contributed by atoms with van der Waals surface area (Å²) in [4.78, 5) is 8.56. The van der Waals surface area contributed by atoms with E-state index >= 15 is 0 Å². The lowest BCUT2D eigenvalue weighted by Crippen LogP contribution is -1.97. The molecule has 1 aromatic carbocycles. The maximum absolute atomic E-state index is 9.09. The molecular formula is C14H12N2O2.